The van der Waals surface area contributed by atoms with Crippen molar-refractivity contribution < 1.29 is 18.0 Å². The summed E-state index contributed by atoms with van der Waals surface area (Å²) < 4.78 is 28.3. The van der Waals surface area contributed by atoms with E-state index in [0.717, 1.165) is 0 Å². The Labute approximate surface area is 197 Å². The van der Waals surface area contributed by atoms with E-state index in [4.69, 9.17) is 11.6 Å². The van der Waals surface area contributed by atoms with Crippen LogP contribution in [0.1, 0.15) is 12.5 Å². The lowest BCUT2D eigenvalue weighted by molar-refractivity contribution is -0.117. The average molecular weight is 487 g/mol. The first kappa shape index (κ1) is 24.1. The van der Waals surface area contributed by atoms with E-state index in [1.807, 2.05) is 6.07 Å². The zero-order chi connectivity index (χ0) is 24.0. The minimum absolute atomic E-state index is 0.0114. The Morgan fingerprint density at radius 2 is 1.55 bits per heavy atom. The van der Waals surface area contributed by atoms with Gasteiger partial charge in [-0.1, -0.05) is 48.0 Å². The molecule has 8 nitrogen and oxygen atoms in total. The topological polar surface area (TPSA) is 116 Å². The van der Waals surface area contributed by atoms with Gasteiger partial charge in [0.2, 0.25) is 5.91 Å². The molecule has 0 spiro atoms. The van der Waals surface area contributed by atoms with E-state index in [1.165, 1.54) is 13.0 Å². The third kappa shape index (κ3) is 6.47. The van der Waals surface area contributed by atoms with Crippen molar-refractivity contribution in [3.63, 3.8) is 0 Å². The van der Waals surface area contributed by atoms with Crippen LogP contribution < -0.4 is 20.7 Å². The second kappa shape index (κ2) is 10.4. The van der Waals surface area contributed by atoms with E-state index >= 15 is 0 Å². The minimum atomic E-state index is -3.96. The second-order valence-corrected chi connectivity index (χ2v) is 9.30. The molecule has 1 unspecified atom stereocenters. The molecule has 0 saturated carbocycles. The number of nitrogens with one attached hydrogen (secondary N) is 4. The summed E-state index contributed by atoms with van der Waals surface area (Å²) in [5.74, 6) is -0.510. The molecule has 172 valence electrons. The molecule has 0 radical (unpaired) electrons. The van der Waals surface area contributed by atoms with Crippen LogP contribution >= 0.6 is 11.6 Å². The number of anilines is 3. The summed E-state index contributed by atoms with van der Waals surface area (Å²) in [7, 11) is -3.96. The predicted molar refractivity (Wildman–Crippen MR) is 130 cm³/mol. The molecule has 4 N–H and O–H groups in total. The van der Waals surface area contributed by atoms with Gasteiger partial charge in [-0.2, -0.15) is 0 Å². The molecule has 0 aromatic heterocycles. The van der Waals surface area contributed by atoms with Crippen LogP contribution in [0.15, 0.2) is 77.7 Å². The monoisotopic (exact) mass is 486 g/mol. The van der Waals surface area contributed by atoms with Gasteiger partial charge in [-0.25, -0.2) is 13.2 Å². The van der Waals surface area contributed by atoms with Crippen LogP contribution in [-0.4, -0.2) is 26.4 Å². The normalized spacial score (nSPS) is 11.8. The van der Waals surface area contributed by atoms with E-state index in [2.05, 4.69) is 20.7 Å². The molecule has 1 atom stereocenters. The lowest BCUT2D eigenvalue weighted by Crippen LogP contribution is -2.43. The maximum absolute atomic E-state index is 12.9. The first-order valence-corrected chi connectivity index (χ1v) is 11.8. The van der Waals surface area contributed by atoms with Gasteiger partial charge in [0.1, 0.15) is 6.04 Å². The van der Waals surface area contributed by atoms with Crippen molar-refractivity contribution in [2.45, 2.75) is 24.8 Å². The number of rotatable bonds is 7. The fraction of sp³-hybridized carbons (Fsp3) is 0.130. The molecule has 33 heavy (non-hydrogen) atoms. The molecule has 3 aromatic rings. The first-order chi connectivity index (χ1) is 15.7. The van der Waals surface area contributed by atoms with Crippen LogP contribution in [0.3, 0.4) is 0 Å². The van der Waals surface area contributed by atoms with Crippen molar-refractivity contribution in [2.75, 3.05) is 15.4 Å². The SMILES string of the molecule is Cc1ccc(NC(=O)C(C)NC(=O)Nc2ccccc2)cc1S(=O)(=O)Nc1ccccc1Cl. The molecule has 10 heteroatoms. The highest BCUT2D eigenvalue weighted by Crippen LogP contribution is 2.26. The van der Waals surface area contributed by atoms with E-state index in [9.17, 15) is 18.0 Å². The van der Waals surface area contributed by atoms with E-state index in [0.29, 0.717) is 11.3 Å². The predicted octanol–water partition coefficient (Wildman–Crippen LogP) is 4.60. The Kier molecular flexibility index (Phi) is 7.57. The number of benzene rings is 3. The molecule has 3 rings (SSSR count). The van der Waals surface area contributed by atoms with Crippen molar-refractivity contribution >= 4 is 50.6 Å². The number of carbonyl (C=O) groups excluding carboxylic acids is 2. The Morgan fingerprint density at radius 1 is 0.879 bits per heavy atom. The number of aryl methyl sites for hydroxylation is 1. The van der Waals surface area contributed by atoms with Gasteiger partial charge < -0.3 is 16.0 Å². The molecule has 0 bridgehead atoms. The van der Waals surface area contributed by atoms with Crippen LogP contribution in [-0.2, 0) is 14.8 Å². The highest BCUT2D eigenvalue weighted by Gasteiger charge is 2.21. The van der Waals surface area contributed by atoms with Crippen LogP contribution in [0.25, 0.3) is 0 Å². The molecule has 3 amide bonds. The zero-order valence-corrected chi connectivity index (χ0v) is 19.5. The fourth-order valence-corrected chi connectivity index (χ4v) is 4.50. The number of sulfonamides is 1. The van der Waals surface area contributed by atoms with Crippen molar-refractivity contribution in [2.24, 2.45) is 0 Å². The van der Waals surface area contributed by atoms with Crippen molar-refractivity contribution in [1.29, 1.82) is 0 Å². The number of urea groups is 1. The lowest BCUT2D eigenvalue weighted by atomic mass is 10.2. The quantitative estimate of drug-likeness (QED) is 0.390. The smallest absolute Gasteiger partial charge is 0.319 e. The van der Waals surface area contributed by atoms with Gasteiger partial charge >= 0.3 is 6.03 Å². The highest BCUT2D eigenvalue weighted by atomic mass is 35.5. The zero-order valence-electron chi connectivity index (χ0n) is 17.9. The molecule has 0 fully saturated rings. The van der Waals surface area contributed by atoms with Gasteiger partial charge in [-0.15, -0.1) is 0 Å². The van der Waals surface area contributed by atoms with Gasteiger partial charge in [0.05, 0.1) is 15.6 Å². The van der Waals surface area contributed by atoms with Crippen molar-refractivity contribution in [3.8, 4) is 0 Å². The minimum Gasteiger partial charge on any atom is -0.326 e. The summed E-state index contributed by atoms with van der Waals surface area (Å²) in [6.07, 6.45) is 0. The summed E-state index contributed by atoms with van der Waals surface area (Å²) in [5.41, 5.74) is 1.58. The van der Waals surface area contributed by atoms with E-state index in [1.54, 1.807) is 67.6 Å². The second-order valence-electron chi connectivity index (χ2n) is 7.24. The van der Waals surface area contributed by atoms with Gasteiger partial charge in [-0.3, -0.25) is 9.52 Å². The summed E-state index contributed by atoms with van der Waals surface area (Å²) in [5, 5.41) is 8.05. The molecular formula is C23H23ClN4O4S. The van der Waals surface area contributed by atoms with Gasteiger partial charge in [-0.05, 0) is 55.8 Å². The maximum atomic E-state index is 12.9. The lowest BCUT2D eigenvalue weighted by Gasteiger charge is -2.16. The summed E-state index contributed by atoms with van der Waals surface area (Å²) in [6.45, 7) is 3.16. The Balaban J connectivity index is 1.69. The molecule has 3 aromatic carbocycles. The molecule has 0 aliphatic heterocycles. The number of halogens is 1. The van der Waals surface area contributed by atoms with Gasteiger partial charge in [0, 0.05) is 11.4 Å². The summed E-state index contributed by atoms with van der Waals surface area (Å²) in [4.78, 5) is 24.6. The molecule has 0 saturated heterocycles. The molecule has 0 heterocycles. The Hall–Kier alpha value is -3.56. The van der Waals surface area contributed by atoms with Gasteiger partial charge in [0.15, 0.2) is 0 Å². The third-order valence-electron chi connectivity index (χ3n) is 4.64. The highest BCUT2D eigenvalue weighted by molar-refractivity contribution is 7.92. The van der Waals surface area contributed by atoms with Crippen LogP contribution in [0.4, 0.5) is 21.9 Å². The Bertz CT molecular complexity index is 1270. The van der Waals surface area contributed by atoms with Crippen LogP contribution in [0.2, 0.25) is 5.02 Å². The Morgan fingerprint density at radius 3 is 2.24 bits per heavy atom. The molecule has 0 aliphatic carbocycles. The van der Waals surface area contributed by atoms with E-state index in [-0.39, 0.29) is 21.3 Å². The first-order valence-electron chi connectivity index (χ1n) is 9.97. The van der Waals surface area contributed by atoms with Gasteiger partial charge in [0.25, 0.3) is 10.0 Å². The van der Waals surface area contributed by atoms with Crippen LogP contribution in [0.5, 0.6) is 0 Å². The number of para-hydroxylation sites is 2. The molecular weight excluding hydrogens is 464 g/mol. The molecule has 0 aliphatic rings. The van der Waals surface area contributed by atoms with E-state index < -0.39 is 28.0 Å². The number of hydrogen-bond donors (Lipinski definition) is 4. The van der Waals surface area contributed by atoms with Crippen molar-refractivity contribution in [3.05, 3.63) is 83.4 Å². The maximum Gasteiger partial charge on any atom is 0.319 e. The number of carbonyl (C=O) groups is 2. The number of amides is 3. The summed E-state index contributed by atoms with van der Waals surface area (Å²) >= 11 is 6.06. The average Bonchev–Trinajstić information content (AvgIpc) is 2.77. The third-order valence-corrected chi connectivity index (χ3v) is 6.47. The summed E-state index contributed by atoms with van der Waals surface area (Å²) in [6, 6.07) is 18.4. The fourth-order valence-electron chi connectivity index (χ4n) is 2.91. The van der Waals surface area contributed by atoms with Crippen LogP contribution in [0, 0.1) is 6.92 Å². The largest absolute Gasteiger partial charge is 0.326 e. The number of hydrogen-bond acceptors (Lipinski definition) is 4. The van der Waals surface area contributed by atoms with Crippen molar-refractivity contribution in [1.82, 2.24) is 5.32 Å². The standard InChI is InChI=1S/C23H23ClN4O4S/c1-15-12-13-18(14-21(15)33(31,32)28-20-11-7-6-10-19(20)24)26-22(29)16(2)25-23(30)27-17-8-4-3-5-9-17/h3-14,16,28H,1-2H3,(H,26,29)(H2,25,27,30).